The molecule has 0 aromatic carbocycles. The third kappa shape index (κ3) is 4.60. The lowest BCUT2D eigenvalue weighted by Gasteiger charge is -2.15. The van der Waals surface area contributed by atoms with E-state index in [1.807, 2.05) is 0 Å². The van der Waals surface area contributed by atoms with Crippen LogP contribution in [0.15, 0.2) is 18.6 Å². The van der Waals surface area contributed by atoms with E-state index in [0.29, 0.717) is 11.9 Å². The highest BCUT2D eigenvalue weighted by molar-refractivity contribution is 6.61. The van der Waals surface area contributed by atoms with Gasteiger partial charge in [-0.05, 0) is 7.05 Å². The van der Waals surface area contributed by atoms with Crippen molar-refractivity contribution in [3.8, 4) is 0 Å². The normalized spacial score (nSPS) is 10.2. The van der Waals surface area contributed by atoms with Gasteiger partial charge in [0.15, 0.2) is 0 Å². The quantitative estimate of drug-likeness (QED) is 0.430. The number of rotatable bonds is 7. The minimum absolute atomic E-state index is 0.00113. The van der Waals surface area contributed by atoms with Gasteiger partial charge in [-0.1, -0.05) is 0 Å². The highest BCUT2D eigenvalue weighted by atomic mass is 16.6. The summed E-state index contributed by atoms with van der Waals surface area (Å²) < 4.78 is 10.1. The Bertz CT molecular complexity index is 390. The molecule has 8 heteroatoms. The second kappa shape index (κ2) is 7.52. The molecule has 0 bridgehead atoms. The summed E-state index contributed by atoms with van der Waals surface area (Å²) in [5, 5.41) is 0. The number of hydrogen-bond acceptors (Lipinski definition) is 7. The Morgan fingerprint density at radius 1 is 1.56 bits per heavy atom. The molecule has 96 valence electrons. The molecule has 0 atom stereocenters. The maximum Gasteiger partial charge on any atom is 0.585 e. The molecule has 0 unspecified atom stereocenters. The van der Waals surface area contributed by atoms with E-state index in [4.69, 9.17) is 9.31 Å². The summed E-state index contributed by atoms with van der Waals surface area (Å²) in [6, 6.07) is 0. The number of carbonyl (C=O) groups is 2. The molecule has 0 N–H and O–H groups in total. The maximum absolute atomic E-state index is 11.6. The van der Waals surface area contributed by atoms with Crippen LogP contribution in [0.3, 0.4) is 0 Å². The summed E-state index contributed by atoms with van der Waals surface area (Å²) in [4.78, 5) is 31.2. The Kier molecular flexibility index (Phi) is 5.96. The number of hydrogen-bond donors (Lipinski definition) is 0. The van der Waals surface area contributed by atoms with Gasteiger partial charge in [-0.2, -0.15) is 0 Å². The Morgan fingerprint density at radius 3 is 2.89 bits per heavy atom. The minimum Gasteiger partial charge on any atom is -0.504 e. The molecule has 0 radical (unpaired) electrons. The van der Waals surface area contributed by atoms with Gasteiger partial charge < -0.3 is 14.1 Å². The van der Waals surface area contributed by atoms with Gasteiger partial charge in [-0.25, -0.2) is 0 Å². The van der Waals surface area contributed by atoms with Crippen molar-refractivity contribution < 1.29 is 18.9 Å². The molecule has 0 saturated carbocycles. The first-order chi connectivity index (χ1) is 8.67. The SMILES string of the molecule is COB(OC(=O)CN(C)CC=O)c1cnccn1. The van der Waals surface area contributed by atoms with Gasteiger partial charge in [0.1, 0.15) is 11.9 Å². The van der Waals surface area contributed by atoms with Gasteiger partial charge in [0.25, 0.3) is 0 Å². The lowest BCUT2D eigenvalue weighted by atomic mass is 9.85. The molecule has 1 aromatic heterocycles. The van der Waals surface area contributed by atoms with Crippen molar-refractivity contribution in [2.45, 2.75) is 0 Å². The van der Waals surface area contributed by atoms with E-state index in [9.17, 15) is 9.59 Å². The standard InChI is InChI=1S/C10H14BN3O4/c1-14(5-6-15)8-10(16)18-11(17-2)9-7-12-3-4-13-9/h3-4,6-7H,5,8H2,1-2H3. The Hall–Kier alpha value is -1.80. The molecule has 0 aliphatic rings. The van der Waals surface area contributed by atoms with Crippen LogP contribution in [0.1, 0.15) is 0 Å². The molecule has 0 fully saturated rings. The summed E-state index contributed by atoms with van der Waals surface area (Å²) in [6.07, 6.45) is 5.16. The summed E-state index contributed by atoms with van der Waals surface area (Å²) in [6.45, 7) is 0.163. The van der Waals surface area contributed by atoms with E-state index in [-0.39, 0.29) is 13.1 Å². The van der Waals surface area contributed by atoms with Crippen molar-refractivity contribution in [1.29, 1.82) is 0 Å². The Labute approximate surface area is 105 Å². The van der Waals surface area contributed by atoms with Crippen molar-refractivity contribution in [2.75, 3.05) is 27.2 Å². The minimum atomic E-state index is -0.893. The highest BCUT2D eigenvalue weighted by Gasteiger charge is 2.26. The predicted octanol–water partition coefficient (Wildman–Crippen LogP) is -1.51. The summed E-state index contributed by atoms with van der Waals surface area (Å²) in [5.41, 5.74) is 0.409. The largest absolute Gasteiger partial charge is 0.585 e. The molecule has 1 aromatic rings. The molecule has 1 rings (SSSR count). The third-order valence-corrected chi connectivity index (χ3v) is 2.06. The third-order valence-electron chi connectivity index (χ3n) is 2.06. The summed E-state index contributed by atoms with van der Waals surface area (Å²) in [5.74, 6) is -0.503. The zero-order chi connectivity index (χ0) is 13.4. The summed E-state index contributed by atoms with van der Waals surface area (Å²) >= 11 is 0. The topological polar surface area (TPSA) is 81.6 Å². The van der Waals surface area contributed by atoms with Crippen molar-refractivity contribution >= 4 is 25.0 Å². The first-order valence-corrected chi connectivity index (χ1v) is 5.27. The van der Waals surface area contributed by atoms with Crippen LogP contribution in [0.2, 0.25) is 0 Å². The zero-order valence-electron chi connectivity index (χ0n) is 10.3. The van der Waals surface area contributed by atoms with Gasteiger partial charge in [-0.15, -0.1) is 0 Å². The van der Waals surface area contributed by atoms with Crippen LogP contribution < -0.4 is 5.59 Å². The number of carbonyl (C=O) groups excluding carboxylic acids is 2. The lowest BCUT2D eigenvalue weighted by Crippen LogP contribution is -2.42. The van der Waals surface area contributed by atoms with Crippen molar-refractivity contribution in [1.82, 2.24) is 14.9 Å². The van der Waals surface area contributed by atoms with Crippen molar-refractivity contribution in [2.24, 2.45) is 0 Å². The van der Waals surface area contributed by atoms with Gasteiger partial charge in [0.2, 0.25) is 0 Å². The van der Waals surface area contributed by atoms with E-state index in [0.717, 1.165) is 0 Å². The molecular weight excluding hydrogens is 237 g/mol. The summed E-state index contributed by atoms with van der Waals surface area (Å²) in [7, 11) is 2.15. The fraction of sp³-hybridized carbons (Fsp3) is 0.400. The lowest BCUT2D eigenvalue weighted by molar-refractivity contribution is -0.136. The van der Waals surface area contributed by atoms with Gasteiger partial charge >= 0.3 is 13.1 Å². The second-order valence-corrected chi connectivity index (χ2v) is 3.55. The molecule has 1 heterocycles. The molecule has 0 spiro atoms. The van der Waals surface area contributed by atoms with Crippen LogP contribution in [-0.4, -0.2) is 61.5 Å². The van der Waals surface area contributed by atoms with Crippen LogP contribution in [0, 0.1) is 0 Å². The molecule has 7 nitrogen and oxygen atoms in total. The van der Waals surface area contributed by atoms with Crippen LogP contribution in [0.5, 0.6) is 0 Å². The van der Waals surface area contributed by atoms with Gasteiger partial charge in [0, 0.05) is 25.7 Å². The van der Waals surface area contributed by atoms with Gasteiger partial charge in [-0.3, -0.25) is 19.7 Å². The Morgan fingerprint density at radius 2 is 2.33 bits per heavy atom. The Balaban J connectivity index is 2.53. The molecule has 0 amide bonds. The van der Waals surface area contributed by atoms with Crippen LogP contribution in [0.4, 0.5) is 0 Å². The molecule has 18 heavy (non-hydrogen) atoms. The molecular formula is C10H14BN3O4. The van der Waals surface area contributed by atoms with Crippen LogP contribution in [0.25, 0.3) is 0 Å². The van der Waals surface area contributed by atoms with E-state index in [1.54, 1.807) is 7.05 Å². The maximum atomic E-state index is 11.6. The number of aromatic nitrogens is 2. The average Bonchev–Trinajstić information content (AvgIpc) is 2.37. The van der Waals surface area contributed by atoms with E-state index in [1.165, 1.54) is 30.6 Å². The second-order valence-electron chi connectivity index (χ2n) is 3.55. The van der Waals surface area contributed by atoms with Crippen LogP contribution >= 0.6 is 0 Å². The van der Waals surface area contributed by atoms with Crippen molar-refractivity contribution in [3.63, 3.8) is 0 Å². The van der Waals surface area contributed by atoms with Crippen LogP contribution in [-0.2, 0) is 18.9 Å². The van der Waals surface area contributed by atoms with E-state index < -0.39 is 13.1 Å². The highest BCUT2D eigenvalue weighted by Crippen LogP contribution is 1.91. The fourth-order valence-electron chi connectivity index (χ4n) is 1.23. The van der Waals surface area contributed by atoms with Gasteiger partial charge in [0.05, 0.1) is 13.1 Å². The monoisotopic (exact) mass is 251 g/mol. The predicted molar refractivity (Wildman–Crippen MR) is 64.1 cm³/mol. The number of likely N-dealkylation sites (N-methyl/N-ethyl adjacent to an activating group) is 1. The zero-order valence-corrected chi connectivity index (χ0v) is 10.3. The fourth-order valence-corrected chi connectivity index (χ4v) is 1.23. The van der Waals surface area contributed by atoms with E-state index in [2.05, 4.69) is 9.97 Å². The number of aldehydes is 1. The van der Waals surface area contributed by atoms with E-state index >= 15 is 0 Å². The first-order valence-electron chi connectivity index (χ1n) is 5.27. The molecule has 0 saturated heterocycles. The van der Waals surface area contributed by atoms with Crippen molar-refractivity contribution in [3.05, 3.63) is 18.6 Å². The molecule has 0 aliphatic carbocycles. The average molecular weight is 251 g/mol. The number of nitrogens with zero attached hydrogens (tertiary/aromatic N) is 3. The first kappa shape index (κ1) is 14.3. The molecule has 0 aliphatic heterocycles. The smallest absolute Gasteiger partial charge is 0.504 e.